The number of anilines is 1. The van der Waals surface area contributed by atoms with Crippen molar-refractivity contribution in [1.82, 2.24) is 0 Å². The molecule has 0 aliphatic rings. The Bertz CT molecular complexity index is 806. The van der Waals surface area contributed by atoms with Crippen LogP contribution in [0, 0.1) is 17.0 Å². The van der Waals surface area contributed by atoms with E-state index in [9.17, 15) is 14.9 Å². The zero-order valence-electron chi connectivity index (χ0n) is 12.0. The number of aryl methyl sites for hydroxylation is 1. The van der Waals surface area contributed by atoms with E-state index in [0.717, 1.165) is 10.0 Å². The molecule has 0 aliphatic carbocycles. The zero-order valence-corrected chi connectivity index (χ0v) is 14.4. The minimum absolute atomic E-state index is 0.0574. The van der Waals surface area contributed by atoms with Crippen molar-refractivity contribution in [3.05, 3.63) is 73.2 Å². The minimum atomic E-state index is -0.565. The van der Waals surface area contributed by atoms with Gasteiger partial charge in [0.1, 0.15) is 5.02 Å². The van der Waals surface area contributed by atoms with E-state index in [1.54, 1.807) is 12.1 Å². The lowest BCUT2D eigenvalue weighted by Crippen LogP contribution is -2.07. The first kappa shape index (κ1) is 17.2. The van der Waals surface area contributed by atoms with Crippen molar-refractivity contribution < 1.29 is 9.72 Å². The van der Waals surface area contributed by atoms with Crippen molar-refractivity contribution in [2.24, 2.45) is 0 Å². The molecule has 0 bridgehead atoms. The molecule has 1 amide bonds. The Kier molecular flexibility index (Phi) is 5.52. The van der Waals surface area contributed by atoms with Gasteiger partial charge in [-0.2, -0.15) is 0 Å². The van der Waals surface area contributed by atoms with E-state index in [1.807, 2.05) is 19.1 Å². The highest BCUT2D eigenvalue weighted by Crippen LogP contribution is 2.25. The maximum absolute atomic E-state index is 11.9. The first-order valence-electron chi connectivity index (χ1n) is 6.56. The van der Waals surface area contributed by atoms with Gasteiger partial charge in [-0.25, -0.2) is 0 Å². The molecule has 0 saturated heterocycles. The first-order chi connectivity index (χ1) is 10.9. The molecule has 0 aliphatic heterocycles. The molecule has 0 spiro atoms. The van der Waals surface area contributed by atoms with Gasteiger partial charge in [-0.1, -0.05) is 33.6 Å². The minimum Gasteiger partial charge on any atom is -0.323 e. The molecule has 0 aromatic heterocycles. The van der Waals surface area contributed by atoms with Gasteiger partial charge in [0.05, 0.1) is 4.92 Å². The number of hydrogen-bond acceptors (Lipinski definition) is 3. The van der Waals surface area contributed by atoms with E-state index >= 15 is 0 Å². The molecule has 118 valence electrons. The fraction of sp³-hybridized carbons (Fsp3) is 0.0625. The third-order valence-electron chi connectivity index (χ3n) is 3.02. The van der Waals surface area contributed by atoms with Crippen LogP contribution in [0.2, 0.25) is 5.02 Å². The molecule has 23 heavy (non-hydrogen) atoms. The summed E-state index contributed by atoms with van der Waals surface area (Å²) in [7, 11) is 0. The van der Waals surface area contributed by atoms with Crippen LogP contribution in [-0.4, -0.2) is 10.8 Å². The van der Waals surface area contributed by atoms with E-state index in [2.05, 4.69) is 21.2 Å². The molecule has 7 heteroatoms. The van der Waals surface area contributed by atoms with Crippen LogP contribution in [-0.2, 0) is 4.79 Å². The van der Waals surface area contributed by atoms with Gasteiger partial charge in [-0.3, -0.25) is 14.9 Å². The molecule has 0 unspecified atom stereocenters. The Morgan fingerprint density at radius 2 is 2.04 bits per heavy atom. The summed E-state index contributed by atoms with van der Waals surface area (Å²) >= 11 is 9.13. The van der Waals surface area contributed by atoms with Crippen LogP contribution in [0.25, 0.3) is 6.08 Å². The maximum atomic E-state index is 11.9. The van der Waals surface area contributed by atoms with E-state index in [-0.39, 0.29) is 16.6 Å². The quantitative estimate of drug-likeness (QED) is 0.451. The van der Waals surface area contributed by atoms with Crippen LogP contribution in [0.4, 0.5) is 11.4 Å². The van der Waals surface area contributed by atoms with Gasteiger partial charge >= 0.3 is 0 Å². The standard InChI is InChI=1S/C16H12BrClN2O3/c1-10-8-12(4-5-13(10)17)19-16(21)7-3-11-2-6-14(18)15(9-11)20(22)23/h2-9H,1H3,(H,19,21). The molecule has 2 aromatic carbocycles. The van der Waals surface area contributed by atoms with E-state index in [4.69, 9.17) is 11.6 Å². The molecule has 0 heterocycles. The van der Waals surface area contributed by atoms with Crippen LogP contribution in [0.5, 0.6) is 0 Å². The van der Waals surface area contributed by atoms with Crippen molar-refractivity contribution >= 4 is 50.9 Å². The van der Waals surface area contributed by atoms with Gasteiger partial charge in [0.25, 0.3) is 5.69 Å². The number of nitro benzene ring substituents is 1. The molecule has 5 nitrogen and oxygen atoms in total. The summed E-state index contributed by atoms with van der Waals surface area (Å²) in [4.78, 5) is 22.2. The molecule has 1 N–H and O–H groups in total. The molecule has 0 atom stereocenters. The lowest BCUT2D eigenvalue weighted by atomic mass is 10.2. The normalized spacial score (nSPS) is 10.7. The second-order valence-electron chi connectivity index (χ2n) is 4.75. The van der Waals surface area contributed by atoms with Crippen LogP contribution in [0.3, 0.4) is 0 Å². The lowest BCUT2D eigenvalue weighted by Gasteiger charge is -2.04. The highest BCUT2D eigenvalue weighted by atomic mass is 79.9. The maximum Gasteiger partial charge on any atom is 0.288 e. The number of carbonyl (C=O) groups excluding carboxylic acids is 1. The van der Waals surface area contributed by atoms with Gasteiger partial charge in [0.15, 0.2) is 0 Å². The van der Waals surface area contributed by atoms with Crippen LogP contribution in [0.1, 0.15) is 11.1 Å². The molecule has 0 radical (unpaired) electrons. The highest BCUT2D eigenvalue weighted by molar-refractivity contribution is 9.10. The summed E-state index contributed by atoms with van der Waals surface area (Å²) in [6, 6.07) is 9.80. The molecular formula is C16H12BrClN2O3. The predicted octanol–water partition coefficient (Wildman–Crippen LogP) is 4.97. The monoisotopic (exact) mass is 394 g/mol. The number of hydrogen-bond donors (Lipinski definition) is 1. The number of carbonyl (C=O) groups is 1. The van der Waals surface area contributed by atoms with Crippen molar-refractivity contribution in [3.63, 3.8) is 0 Å². The summed E-state index contributed by atoms with van der Waals surface area (Å²) in [6.07, 6.45) is 2.80. The lowest BCUT2D eigenvalue weighted by molar-refractivity contribution is -0.384. The molecular weight excluding hydrogens is 384 g/mol. The summed E-state index contributed by atoms with van der Waals surface area (Å²) in [5.41, 5.74) is 1.99. The number of amides is 1. The van der Waals surface area contributed by atoms with Gasteiger partial charge in [-0.05, 0) is 48.4 Å². The number of nitrogens with zero attached hydrogens (tertiary/aromatic N) is 1. The molecule has 2 aromatic rings. The Balaban J connectivity index is 2.10. The summed E-state index contributed by atoms with van der Waals surface area (Å²) in [5.74, 6) is -0.329. The average Bonchev–Trinajstić information content (AvgIpc) is 2.50. The summed E-state index contributed by atoms with van der Waals surface area (Å²) < 4.78 is 0.958. The Morgan fingerprint density at radius 1 is 1.30 bits per heavy atom. The van der Waals surface area contributed by atoms with Crippen LogP contribution in [0.15, 0.2) is 46.9 Å². The summed E-state index contributed by atoms with van der Waals surface area (Å²) in [6.45, 7) is 1.92. The fourth-order valence-electron chi connectivity index (χ4n) is 1.85. The number of nitrogens with one attached hydrogen (secondary N) is 1. The van der Waals surface area contributed by atoms with Crippen LogP contribution < -0.4 is 5.32 Å². The number of halogens is 2. The highest BCUT2D eigenvalue weighted by Gasteiger charge is 2.11. The Hall–Kier alpha value is -2.18. The third kappa shape index (κ3) is 4.64. The van der Waals surface area contributed by atoms with E-state index in [0.29, 0.717) is 11.3 Å². The largest absolute Gasteiger partial charge is 0.323 e. The van der Waals surface area contributed by atoms with Crippen molar-refractivity contribution in [2.75, 3.05) is 5.32 Å². The van der Waals surface area contributed by atoms with Crippen molar-refractivity contribution in [3.8, 4) is 0 Å². The third-order valence-corrected chi connectivity index (χ3v) is 4.23. The SMILES string of the molecule is Cc1cc(NC(=O)C=Cc2ccc(Cl)c([N+](=O)[O-])c2)ccc1Br. The number of rotatable bonds is 4. The summed E-state index contributed by atoms with van der Waals surface area (Å²) in [5, 5.41) is 13.6. The van der Waals surface area contributed by atoms with E-state index < -0.39 is 4.92 Å². The van der Waals surface area contributed by atoms with Gasteiger partial charge in [-0.15, -0.1) is 0 Å². The predicted molar refractivity (Wildman–Crippen MR) is 94.6 cm³/mol. The number of benzene rings is 2. The topological polar surface area (TPSA) is 72.2 Å². The smallest absolute Gasteiger partial charge is 0.288 e. The second kappa shape index (κ2) is 7.39. The zero-order chi connectivity index (χ0) is 17.0. The first-order valence-corrected chi connectivity index (χ1v) is 7.73. The second-order valence-corrected chi connectivity index (χ2v) is 6.02. The Labute approximate surface area is 146 Å². The Morgan fingerprint density at radius 3 is 2.70 bits per heavy atom. The fourth-order valence-corrected chi connectivity index (χ4v) is 2.28. The molecule has 0 fully saturated rings. The molecule has 0 saturated carbocycles. The number of nitro groups is 1. The van der Waals surface area contributed by atoms with Crippen molar-refractivity contribution in [2.45, 2.75) is 6.92 Å². The average molecular weight is 396 g/mol. The molecule has 2 rings (SSSR count). The van der Waals surface area contributed by atoms with Crippen molar-refractivity contribution in [1.29, 1.82) is 0 Å². The van der Waals surface area contributed by atoms with Gasteiger partial charge in [0.2, 0.25) is 5.91 Å². The van der Waals surface area contributed by atoms with Gasteiger partial charge < -0.3 is 5.32 Å². The van der Waals surface area contributed by atoms with Gasteiger partial charge in [0, 0.05) is 22.3 Å². The van der Waals surface area contributed by atoms with E-state index in [1.165, 1.54) is 24.3 Å². The van der Waals surface area contributed by atoms with Crippen LogP contribution >= 0.6 is 27.5 Å².